The summed E-state index contributed by atoms with van der Waals surface area (Å²) in [5, 5.41) is 2.94. The van der Waals surface area contributed by atoms with Gasteiger partial charge in [-0.05, 0) is 49.9 Å². The molecule has 0 aromatic heterocycles. The van der Waals surface area contributed by atoms with Crippen LogP contribution in [-0.4, -0.2) is 31.7 Å². The summed E-state index contributed by atoms with van der Waals surface area (Å²) in [6, 6.07) is 5.61. The third-order valence-corrected chi connectivity index (χ3v) is 3.44. The number of hydrogen-bond donors (Lipinski definition) is 2. The van der Waals surface area contributed by atoms with Crippen molar-refractivity contribution in [3.63, 3.8) is 0 Å². The molecule has 1 aromatic rings. The highest BCUT2D eigenvalue weighted by atomic mass is 16.5. The van der Waals surface area contributed by atoms with Gasteiger partial charge in [-0.3, -0.25) is 4.79 Å². The molecule has 0 bridgehead atoms. The molecular weight excluding hydrogens is 264 g/mol. The monoisotopic (exact) mass is 286 g/mol. The zero-order chi connectivity index (χ0) is 15.1. The average molecular weight is 286 g/mol. The minimum Gasteiger partial charge on any atom is -0.376 e. The molecule has 1 fully saturated rings. The Labute approximate surface area is 126 Å². The van der Waals surface area contributed by atoms with Gasteiger partial charge in [-0.25, -0.2) is 0 Å². The lowest BCUT2D eigenvalue weighted by molar-refractivity contribution is 0.0169. The molecule has 1 atom stereocenters. The maximum Gasteiger partial charge on any atom is 0.251 e. The second-order valence-corrected chi connectivity index (χ2v) is 5.29. The lowest BCUT2D eigenvalue weighted by Gasteiger charge is -2.22. The third-order valence-electron chi connectivity index (χ3n) is 3.44. The Hall–Kier alpha value is -1.83. The van der Waals surface area contributed by atoms with Crippen LogP contribution in [0.25, 0.3) is 0 Å². The minimum absolute atomic E-state index is 0.0799. The number of nitrogens with one attached hydrogen (secondary N) is 1. The average Bonchev–Trinajstić information content (AvgIpc) is 2.51. The Morgan fingerprint density at radius 3 is 3.00 bits per heavy atom. The Balaban J connectivity index is 1.99. The molecule has 1 aromatic carbocycles. The van der Waals surface area contributed by atoms with Crippen molar-refractivity contribution in [2.24, 2.45) is 5.73 Å². The maximum atomic E-state index is 12.2. The lowest BCUT2D eigenvalue weighted by Crippen LogP contribution is -2.35. The van der Waals surface area contributed by atoms with Gasteiger partial charge in [0.25, 0.3) is 5.91 Å². The molecule has 4 nitrogen and oxygen atoms in total. The Bertz CT molecular complexity index is 552. The normalized spacial score (nSPS) is 17.7. The van der Waals surface area contributed by atoms with E-state index < -0.39 is 0 Å². The number of nitrogens with two attached hydrogens (primary N) is 1. The number of aryl methyl sites for hydroxylation is 1. The van der Waals surface area contributed by atoms with E-state index in [9.17, 15) is 4.79 Å². The van der Waals surface area contributed by atoms with Gasteiger partial charge in [-0.2, -0.15) is 0 Å². The molecule has 1 heterocycles. The van der Waals surface area contributed by atoms with Gasteiger partial charge < -0.3 is 15.8 Å². The molecule has 2 rings (SSSR count). The van der Waals surface area contributed by atoms with Crippen LogP contribution < -0.4 is 11.1 Å². The zero-order valence-corrected chi connectivity index (χ0v) is 12.4. The van der Waals surface area contributed by atoms with Gasteiger partial charge in [-0.15, -0.1) is 0 Å². The van der Waals surface area contributed by atoms with Crippen LogP contribution >= 0.6 is 0 Å². The van der Waals surface area contributed by atoms with Crippen LogP contribution in [0, 0.1) is 18.8 Å². The van der Waals surface area contributed by atoms with Gasteiger partial charge in [0.15, 0.2) is 0 Å². The molecular formula is C17H22N2O2. The third kappa shape index (κ3) is 4.89. The van der Waals surface area contributed by atoms with Crippen LogP contribution in [-0.2, 0) is 4.74 Å². The van der Waals surface area contributed by atoms with Gasteiger partial charge in [0, 0.05) is 24.3 Å². The second-order valence-electron chi connectivity index (χ2n) is 5.29. The fourth-order valence-electron chi connectivity index (χ4n) is 2.42. The Kier molecular flexibility index (Phi) is 5.79. The molecule has 3 N–H and O–H groups in total. The minimum atomic E-state index is -0.0799. The van der Waals surface area contributed by atoms with Crippen molar-refractivity contribution in [3.8, 4) is 11.8 Å². The molecule has 1 saturated heterocycles. The van der Waals surface area contributed by atoms with E-state index in [1.54, 1.807) is 6.07 Å². The second kappa shape index (κ2) is 7.82. The Morgan fingerprint density at radius 1 is 1.43 bits per heavy atom. The molecule has 21 heavy (non-hydrogen) atoms. The molecule has 0 saturated carbocycles. The van der Waals surface area contributed by atoms with Crippen molar-refractivity contribution in [2.75, 3.05) is 19.7 Å². The summed E-state index contributed by atoms with van der Waals surface area (Å²) in [7, 11) is 0. The van der Waals surface area contributed by atoms with E-state index in [0.29, 0.717) is 18.7 Å². The first kappa shape index (κ1) is 15.6. The van der Waals surface area contributed by atoms with E-state index in [1.165, 1.54) is 6.42 Å². The summed E-state index contributed by atoms with van der Waals surface area (Å²) >= 11 is 0. The quantitative estimate of drug-likeness (QED) is 0.830. The van der Waals surface area contributed by atoms with Gasteiger partial charge in [0.2, 0.25) is 0 Å². The van der Waals surface area contributed by atoms with Crippen LogP contribution in [0.2, 0.25) is 0 Å². The molecule has 4 heteroatoms. The van der Waals surface area contributed by atoms with Gasteiger partial charge in [0.1, 0.15) is 0 Å². The van der Waals surface area contributed by atoms with Crippen LogP contribution in [0.15, 0.2) is 18.2 Å². The van der Waals surface area contributed by atoms with Crippen LogP contribution in [0.3, 0.4) is 0 Å². The number of rotatable bonds is 3. The van der Waals surface area contributed by atoms with Gasteiger partial charge in [-0.1, -0.05) is 11.8 Å². The zero-order valence-electron chi connectivity index (χ0n) is 12.4. The smallest absolute Gasteiger partial charge is 0.251 e. The highest BCUT2D eigenvalue weighted by molar-refractivity contribution is 5.94. The summed E-state index contributed by atoms with van der Waals surface area (Å²) < 4.78 is 5.61. The summed E-state index contributed by atoms with van der Waals surface area (Å²) in [6.45, 7) is 3.63. The van der Waals surface area contributed by atoms with E-state index in [0.717, 1.165) is 30.6 Å². The van der Waals surface area contributed by atoms with E-state index in [4.69, 9.17) is 10.5 Å². The van der Waals surface area contributed by atoms with Gasteiger partial charge >= 0.3 is 0 Å². The van der Waals surface area contributed by atoms with Crippen molar-refractivity contribution in [1.82, 2.24) is 5.32 Å². The molecule has 0 aliphatic carbocycles. The standard InChI is InChI=1S/C17H22N2O2/c1-13-9-14(5-4-7-18)11-15(10-13)17(20)19-12-16-6-2-3-8-21-16/h9-11,16H,2-3,6-8,12,18H2,1H3,(H,19,20). The molecule has 1 aliphatic heterocycles. The van der Waals surface area contributed by atoms with Crippen LogP contribution in [0.5, 0.6) is 0 Å². The SMILES string of the molecule is Cc1cc(C#CCN)cc(C(=O)NCC2CCCCO2)c1. The van der Waals surface area contributed by atoms with E-state index in [1.807, 2.05) is 19.1 Å². The molecule has 0 radical (unpaired) electrons. The summed E-state index contributed by atoms with van der Waals surface area (Å²) in [5.74, 6) is 5.69. The number of ether oxygens (including phenoxy) is 1. The number of amides is 1. The van der Waals surface area contributed by atoms with E-state index >= 15 is 0 Å². The predicted octanol–water partition coefficient (Wildman–Crippen LogP) is 1.60. The molecule has 1 unspecified atom stereocenters. The van der Waals surface area contributed by atoms with Crippen molar-refractivity contribution in [1.29, 1.82) is 0 Å². The first-order valence-corrected chi connectivity index (χ1v) is 7.39. The largest absolute Gasteiger partial charge is 0.376 e. The molecule has 1 aliphatic rings. The maximum absolute atomic E-state index is 12.2. The summed E-state index contributed by atoms with van der Waals surface area (Å²) in [4.78, 5) is 12.2. The van der Waals surface area contributed by atoms with E-state index in [-0.39, 0.29) is 12.0 Å². The highest BCUT2D eigenvalue weighted by Crippen LogP contribution is 2.13. The van der Waals surface area contributed by atoms with Crippen molar-refractivity contribution in [2.45, 2.75) is 32.3 Å². The van der Waals surface area contributed by atoms with Gasteiger partial charge in [0.05, 0.1) is 12.6 Å². The first-order valence-electron chi connectivity index (χ1n) is 7.39. The predicted molar refractivity (Wildman–Crippen MR) is 83.0 cm³/mol. The summed E-state index contributed by atoms with van der Waals surface area (Å²) in [5.41, 5.74) is 7.84. The first-order chi connectivity index (χ1) is 10.2. The van der Waals surface area contributed by atoms with Crippen LogP contribution in [0.1, 0.15) is 40.7 Å². The number of carbonyl (C=O) groups excluding carboxylic acids is 1. The number of hydrogen-bond acceptors (Lipinski definition) is 3. The molecule has 0 spiro atoms. The van der Waals surface area contributed by atoms with Crippen molar-refractivity contribution < 1.29 is 9.53 Å². The summed E-state index contributed by atoms with van der Waals surface area (Å²) in [6.07, 6.45) is 3.44. The molecule has 112 valence electrons. The number of benzene rings is 1. The molecule has 1 amide bonds. The fourth-order valence-corrected chi connectivity index (χ4v) is 2.42. The fraction of sp³-hybridized carbons (Fsp3) is 0.471. The van der Waals surface area contributed by atoms with E-state index in [2.05, 4.69) is 17.2 Å². The topological polar surface area (TPSA) is 64.4 Å². The van der Waals surface area contributed by atoms with Crippen LogP contribution in [0.4, 0.5) is 0 Å². The highest BCUT2D eigenvalue weighted by Gasteiger charge is 2.15. The lowest BCUT2D eigenvalue weighted by atomic mass is 10.1. The van der Waals surface area contributed by atoms with Crippen molar-refractivity contribution in [3.05, 3.63) is 34.9 Å². The number of carbonyl (C=O) groups is 1. The Morgan fingerprint density at radius 2 is 2.29 bits per heavy atom. The van der Waals surface area contributed by atoms with Crippen molar-refractivity contribution >= 4 is 5.91 Å².